The fourth-order valence-electron chi connectivity index (χ4n) is 7.75. The monoisotopic (exact) mass is 382 g/mol. The predicted octanol–water partition coefficient (Wildman–Crippen LogP) is 4.39. The number of aliphatic hydroxyl groups excluding tert-OH is 1. The van der Waals surface area contributed by atoms with E-state index in [4.69, 9.17) is 0 Å². The maximum atomic E-state index is 13.4. The average Bonchev–Trinajstić information content (AvgIpc) is 3.18. The minimum absolute atomic E-state index is 0.0921. The van der Waals surface area contributed by atoms with Gasteiger partial charge in [0.15, 0.2) is 5.78 Å². The second kappa shape index (κ2) is 6.29. The van der Waals surface area contributed by atoms with Crippen LogP contribution >= 0.6 is 0 Å². The molecule has 0 unspecified atom stereocenters. The summed E-state index contributed by atoms with van der Waals surface area (Å²) in [6.45, 7) is 4.76. The van der Waals surface area contributed by atoms with Crippen molar-refractivity contribution in [2.45, 2.75) is 71.3 Å². The van der Waals surface area contributed by atoms with E-state index in [0.717, 1.165) is 49.2 Å². The number of aryl methyl sites for hydroxylation is 1. The van der Waals surface area contributed by atoms with Crippen LogP contribution in [0.25, 0.3) is 6.08 Å². The predicted molar refractivity (Wildman–Crippen MR) is 109 cm³/mol. The van der Waals surface area contributed by atoms with Crippen LogP contribution in [-0.4, -0.2) is 26.8 Å². The molecule has 4 nitrogen and oxygen atoms in total. The number of nitrogens with zero attached hydrogens (tertiary/aromatic N) is 2. The van der Waals surface area contributed by atoms with Gasteiger partial charge in [-0.1, -0.05) is 13.8 Å². The second-order valence-corrected chi connectivity index (χ2v) is 10.7. The summed E-state index contributed by atoms with van der Waals surface area (Å²) < 4.78 is 1.80. The normalized spacial score (nSPS) is 46.9. The summed E-state index contributed by atoms with van der Waals surface area (Å²) in [5.74, 6) is 2.95. The first-order valence-corrected chi connectivity index (χ1v) is 11.2. The number of hydrogen-bond donors (Lipinski definition) is 1. The zero-order valence-corrected chi connectivity index (χ0v) is 17.5. The summed E-state index contributed by atoms with van der Waals surface area (Å²) in [5.41, 5.74) is 2.25. The molecule has 28 heavy (non-hydrogen) atoms. The molecule has 1 aromatic heterocycles. The quantitative estimate of drug-likeness (QED) is 0.733. The van der Waals surface area contributed by atoms with Crippen LogP contribution in [-0.2, 0) is 11.8 Å². The minimum atomic E-state index is -0.174. The highest BCUT2D eigenvalue weighted by Gasteiger charge is 2.61. The molecular formula is C24H34N2O2. The van der Waals surface area contributed by atoms with Gasteiger partial charge in [0.2, 0.25) is 0 Å². The maximum absolute atomic E-state index is 13.4. The highest BCUT2D eigenvalue weighted by Crippen LogP contribution is 2.66. The second-order valence-electron chi connectivity index (χ2n) is 10.7. The van der Waals surface area contributed by atoms with Crippen molar-refractivity contribution in [2.24, 2.45) is 41.5 Å². The van der Waals surface area contributed by atoms with Crippen LogP contribution in [0, 0.1) is 34.5 Å². The molecule has 4 fully saturated rings. The number of hydrogen-bond acceptors (Lipinski definition) is 3. The van der Waals surface area contributed by atoms with Gasteiger partial charge in [-0.15, -0.1) is 0 Å². The fourth-order valence-corrected chi connectivity index (χ4v) is 7.75. The molecule has 4 saturated carbocycles. The van der Waals surface area contributed by atoms with Crippen molar-refractivity contribution in [1.29, 1.82) is 0 Å². The van der Waals surface area contributed by atoms with Gasteiger partial charge < -0.3 is 5.11 Å². The fraction of sp³-hybridized carbons (Fsp3) is 0.750. The zero-order valence-electron chi connectivity index (χ0n) is 17.5. The number of ketones is 1. The molecule has 4 aliphatic rings. The summed E-state index contributed by atoms with van der Waals surface area (Å²) >= 11 is 0. The highest BCUT2D eigenvalue weighted by molar-refractivity contribution is 6.05. The van der Waals surface area contributed by atoms with Crippen LogP contribution in [0.15, 0.2) is 18.0 Å². The van der Waals surface area contributed by atoms with Crippen LogP contribution in [0.2, 0.25) is 0 Å². The van der Waals surface area contributed by atoms with Gasteiger partial charge in [0.05, 0.1) is 12.3 Å². The van der Waals surface area contributed by atoms with Crippen molar-refractivity contribution in [3.63, 3.8) is 0 Å². The first-order valence-electron chi connectivity index (χ1n) is 11.2. The van der Waals surface area contributed by atoms with Gasteiger partial charge in [0, 0.05) is 24.2 Å². The molecule has 0 aliphatic heterocycles. The lowest BCUT2D eigenvalue weighted by molar-refractivity contribution is -0.141. The Bertz CT molecular complexity index is 826. The minimum Gasteiger partial charge on any atom is -0.393 e. The molecule has 0 spiro atoms. The van der Waals surface area contributed by atoms with Crippen molar-refractivity contribution in [3.8, 4) is 0 Å². The van der Waals surface area contributed by atoms with Gasteiger partial charge in [-0.2, -0.15) is 5.10 Å². The Labute approximate surface area is 168 Å². The van der Waals surface area contributed by atoms with Gasteiger partial charge >= 0.3 is 0 Å². The zero-order chi connectivity index (χ0) is 19.7. The molecule has 0 amide bonds. The average molecular weight is 383 g/mol. The molecule has 152 valence electrons. The van der Waals surface area contributed by atoms with E-state index in [1.54, 1.807) is 4.68 Å². The summed E-state index contributed by atoms with van der Waals surface area (Å²) in [6, 6.07) is 0. The smallest absolute Gasteiger partial charge is 0.165 e. The molecule has 4 heteroatoms. The molecule has 7 atom stereocenters. The third-order valence-electron chi connectivity index (χ3n) is 9.34. The van der Waals surface area contributed by atoms with Crippen LogP contribution < -0.4 is 0 Å². The summed E-state index contributed by atoms with van der Waals surface area (Å²) in [4.78, 5) is 13.4. The van der Waals surface area contributed by atoms with Crippen molar-refractivity contribution in [2.75, 3.05) is 0 Å². The van der Waals surface area contributed by atoms with E-state index >= 15 is 0 Å². The topological polar surface area (TPSA) is 55.1 Å². The number of allylic oxidation sites excluding steroid dienone is 1. The first kappa shape index (κ1) is 18.6. The molecule has 4 aliphatic carbocycles. The van der Waals surface area contributed by atoms with E-state index in [1.165, 1.54) is 19.3 Å². The molecule has 0 bridgehead atoms. The van der Waals surface area contributed by atoms with Crippen molar-refractivity contribution >= 4 is 11.9 Å². The van der Waals surface area contributed by atoms with Gasteiger partial charge in [-0.05, 0) is 92.1 Å². The molecule has 0 aromatic carbocycles. The molecule has 1 aromatic rings. The number of aromatic nitrogens is 2. The van der Waals surface area contributed by atoms with Crippen molar-refractivity contribution in [3.05, 3.63) is 23.5 Å². The third-order valence-corrected chi connectivity index (χ3v) is 9.34. The molecule has 1 N–H and O–H groups in total. The first-order chi connectivity index (χ1) is 13.3. The Balaban J connectivity index is 1.45. The van der Waals surface area contributed by atoms with Crippen LogP contribution in [0.3, 0.4) is 0 Å². The Morgan fingerprint density at radius 3 is 2.75 bits per heavy atom. The number of fused-ring (bicyclic) bond motifs is 5. The van der Waals surface area contributed by atoms with E-state index < -0.39 is 0 Å². The van der Waals surface area contributed by atoms with E-state index in [9.17, 15) is 9.90 Å². The van der Waals surface area contributed by atoms with Gasteiger partial charge in [-0.3, -0.25) is 9.48 Å². The van der Waals surface area contributed by atoms with Crippen molar-refractivity contribution < 1.29 is 9.90 Å². The van der Waals surface area contributed by atoms with Crippen LogP contribution in [0.1, 0.15) is 70.8 Å². The van der Waals surface area contributed by atoms with Crippen molar-refractivity contribution in [1.82, 2.24) is 9.78 Å². The summed E-state index contributed by atoms with van der Waals surface area (Å²) in [6.07, 6.45) is 14.6. The molecular weight excluding hydrogens is 348 g/mol. The molecule has 0 saturated heterocycles. The maximum Gasteiger partial charge on any atom is 0.165 e. The third kappa shape index (κ3) is 2.59. The largest absolute Gasteiger partial charge is 0.393 e. The summed E-state index contributed by atoms with van der Waals surface area (Å²) in [5, 5.41) is 14.5. The number of carbonyl (C=O) groups is 1. The summed E-state index contributed by atoms with van der Waals surface area (Å²) in [7, 11) is 1.92. The lowest BCUT2D eigenvalue weighted by atomic mass is 9.45. The Morgan fingerprint density at radius 1 is 1.18 bits per heavy atom. The Morgan fingerprint density at radius 2 is 2.00 bits per heavy atom. The van der Waals surface area contributed by atoms with E-state index in [0.29, 0.717) is 29.0 Å². The number of aliphatic hydroxyl groups is 1. The van der Waals surface area contributed by atoms with Gasteiger partial charge in [0.25, 0.3) is 0 Å². The number of carbonyl (C=O) groups excluding carboxylic acids is 1. The Kier molecular flexibility index (Phi) is 4.18. The highest BCUT2D eigenvalue weighted by atomic mass is 16.3. The molecule has 5 rings (SSSR count). The standard InChI is InChI=1S/C24H34N2O2/c1-23-8-6-18(27)12-17(23)4-5-19-20(23)7-9-24(2)21(19)11-16(22(24)28)10-15-13-25-26(3)14-15/h10,13-14,17-21,27H,4-9,11-12H2,1-3H3/b16-10-/t17-,18-,19+,20-,21-,23-,24-/m0/s1. The Hall–Kier alpha value is -1.42. The van der Waals surface area contributed by atoms with E-state index in [2.05, 4.69) is 25.0 Å². The molecule has 1 heterocycles. The van der Waals surface area contributed by atoms with Gasteiger partial charge in [0.1, 0.15) is 0 Å². The lowest BCUT2D eigenvalue weighted by Gasteiger charge is -2.59. The van der Waals surface area contributed by atoms with Gasteiger partial charge in [-0.25, -0.2) is 0 Å². The number of rotatable bonds is 1. The van der Waals surface area contributed by atoms with Crippen LogP contribution in [0.4, 0.5) is 0 Å². The van der Waals surface area contributed by atoms with E-state index in [-0.39, 0.29) is 11.5 Å². The number of Topliss-reactive ketones (excluding diaryl/α,β-unsaturated/α-hetero) is 1. The lowest BCUT2D eigenvalue weighted by Crippen LogP contribution is -2.54. The molecule has 0 radical (unpaired) electrons. The van der Waals surface area contributed by atoms with E-state index in [1.807, 2.05) is 19.4 Å². The SMILES string of the molecule is Cn1cc(/C=C2/C[C@H]3[C@@H]4CC[C@H]5C[C@@H](O)CC[C@]5(C)[C@H]4CC[C@]3(C)C2=O)cn1. The van der Waals surface area contributed by atoms with Crippen LogP contribution in [0.5, 0.6) is 0 Å².